The summed E-state index contributed by atoms with van der Waals surface area (Å²) in [7, 11) is 0. The highest BCUT2D eigenvalue weighted by Crippen LogP contribution is 2.40. The fraction of sp³-hybridized carbons (Fsp3) is 0.371. The Kier molecular flexibility index (Phi) is 9.54. The first-order valence-electron chi connectivity index (χ1n) is 14.5. The fourth-order valence-corrected chi connectivity index (χ4v) is 7.27. The third-order valence-corrected chi connectivity index (χ3v) is 9.69. The maximum absolute atomic E-state index is 6.03. The Morgan fingerprint density at radius 1 is 0.553 bits per heavy atom. The molecule has 0 N–H and O–H groups in total. The molecule has 0 radical (unpaired) electrons. The van der Waals surface area contributed by atoms with Gasteiger partial charge in [-0.25, -0.2) is 0 Å². The second kappa shape index (κ2) is 13.4. The van der Waals surface area contributed by atoms with Gasteiger partial charge in [0.25, 0.3) is 0 Å². The molecule has 3 heteroatoms. The van der Waals surface area contributed by atoms with Crippen LogP contribution in [-0.2, 0) is 0 Å². The highest BCUT2D eigenvalue weighted by molar-refractivity contribution is 7.23. The minimum atomic E-state index is 0.819. The minimum absolute atomic E-state index is 0.819. The van der Waals surface area contributed by atoms with E-state index in [1.165, 1.54) is 104 Å². The number of unbranched alkanes of at least 4 members (excludes halogenated alkanes) is 9. The van der Waals surface area contributed by atoms with Gasteiger partial charge in [-0.05, 0) is 83.8 Å². The maximum Gasteiger partial charge on any atom is 0.119 e. The van der Waals surface area contributed by atoms with Crippen LogP contribution in [0.4, 0.5) is 0 Å². The van der Waals surface area contributed by atoms with Crippen LogP contribution >= 0.6 is 22.7 Å². The van der Waals surface area contributed by atoms with E-state index in [-0.39, 0.29) is 0 Å². The van der Waals surface area contributed by atoms with E-state index in [2.05, 4.69) is 86.6 Å². The lowest BCUT2D eigenvalue weighted by molar-refractivity contribution is 0.304. The third-order valence-electron chi connectivity index (χ3n) is 7.40. The first-order valence-corrected chi connectivity index (χ1v) is 16.1. The molecule has 5 aromatic rings. The molecular weight excluding hydrogens is 501 g/mol. The van der Waals surface area contributed by atoms with Crippen molar-refractivity contribution in [2.24, 2.45) is 0 Å². The maximum atomic E-state index is 6.03. The second-order valence-electron chi connectivity index (χ2n) is 10.6. The molecule has 0 saturated carbocycles. The smallest absolute Gasteiger partial charge is 0.119 e. The zero-order valence-corrected chi connectivity index (χ0v) is 24.6. The van der Waals surface area contributed by atoms with Crippen molar-refractivity contribution in [1.82, 2.24) is 0 Å². The molecule has 0 amide bonds. The lowest BCUT2D eigenvalue weighted by Crippen LogP contribution is -1.97. The van der Waals surface area contributed by atoms with Crippen molar-refractivity contribution in [3.63, 3.8) is 0 Å². The molecule has 0 aliphatic heterocycles. The number of hydrogen-bond acceptors (Lipinski definition) is 3. The summed E-state index contributed by atoms with van der Waals surface area (Å²) in [6.07, 6.45) is 13.5. The van der Waals surface area contributed by atoms with Crippen molar-refractivity contribution < 1.29 is 4.74 Å². The summed E-state index contributed by atoms with van der Waals surface area (Å²) >= 11 is 3.76. The molecule has 0 aliphatic carbocycles. The molecule has 0 bridgehead atoms. The van der Waals surface area contributed by atoms with E-state index < -0.39 is 0 Å². The Bertz CT molecular complexity index is 1370. The summed E-state index contributed by atoms with van der Waals surface area (Å²) in [5, 5.41) is 2.67. The molecule has 3 aromatic carbocycles. The van der Waals surface area contributed by atoms with Gasteiger partial charge in [0.15, 0.2) is 0 Å². The summed E-state index contributed by atoms with van der Waals surface area (Å²) in [5.41, 5.74) is 3.87. The summed E-state index contributed by atoms with van der Waals surface area (Å²) in [6, 6.07) is 26.9. The number of hydrogen-bond donors (Lipinski definition) is 0. The largest absolute Gasteiger partial charge is 0.494 e. The van der Waals surface area contributed by atoms with Crippen LogP contribution in [0.1, 0.15) is 76.7 Å². The van der Waals surface area contributed by atoms with Crippen LogP contribution in [-0.4, -0.2) is 6.61 Å². The van der Waals surface area contributed by atoms with Gasteiger partial charge in [0.2, 0.25) is 0 Å². The van der Waals surface area contributed by atoms with E-state index in [4.69, 9.17) is 4.74 Å². The van der Waals surface area contributed by atoms with E-state index in [0.29, 0.717) is 0 Å². The van der Waals surface area contributed by atoms with Crippen LogP contribution in [0.15, 0.2) is 72.8 Å². The molecule has 0 atom stereocenters. The fourth-order valence-electron chi connectivity index (χ4n) is 5.07. The Morgan fingerprint density at radius 2 is 1.03 bits per heavy atom. The number of rotatable bonds is 14. The molecule has 1 nitrogen and oxygen atoms in total. The molecule has 0 saturated heterocycles. The third kappa shape index (κ3) is 7.07. The van der Waals surface area contributed by atoms with Gasteiger partial charge >= 0.3 is 0 Å². The highest BCUT2D eigenvalue weighted by Gasteiger charge is 2.10. The van der Waals surface area contributed by atoms with Gasteiger partial charge in [-0.2, -0.15) is 0 Å². The lowest BCUT2D eigenvalue weighted by Gasteiger charge is -2.07. The average Bonchev–Trinajstić information content (AvgIpc) is 3.54. The molecule has 0 unspecified atom stereocenters. The molecule has 0 fully saturated rings. The van der Waals surface area contributed by atoms with Crippen molar-refractivity contribution in [2.45, 2.75) is 78.1 Å². The predicted octanol–water partition coefficient (Wildman–Crippen LogP) is 12.1. The summed E-state index contributed by atoms with van der Waals surface area (Å²) in [5.74, 6) is 0.981. The zero-order valence-electron chi connectivity index (χ0n) is 22.9. The molecular formula is C35H40OS2. The van der Waals surface area contributed by atoms with Crippen LogP contribution in [0.3, 0.4) is 0 Å². The normalized spacial score (nSPS) is 11.5. The molecule has 0 aliphatic rings. The number of aryl methyl sites for hydroxylation is 1. The van der Waals surface area contributed by atoms with Crippen LogP contribution in [0.25, 0.3) is 41.1 Å². The van der Waals surface area contributed by atoms with Gasteiger partial charge < -0.3 is 4.74 Å². The summed E-state index contributed by atoms with van der Waals surface area (Å²) in [6.45, 7) is 5.24. The molecule has 38 heavy (non-hydrogen) atoms. The summed E-state index contributed by atoms with van der Waals surface area (Å²) in [4.78, 5) is 2.66. The van der Waals surface area contributed by atoms with Crippen molar-refractivity contribution in [2.75, 3.05) is 6.61 Å². The van der Waals surface area contributed by atoms with E-state index in [0.717, 1.165) is 18.8 Å². The number of thiophene rings is 2. The molecule has 198 valence electrons. The van der Waals surface area contributed by atoms with Crippen LogP contribution < -0.4 is 4.74 Å². The van der Waals surface area contributed by atoms with Crippen molar-refractivity contribution in [3.05, 3.63) is 78.4 Å². The van der Waals surface area contributed by atoms with Crippen molar-refractivity contribution >= 4 is 42.8 Å². The Balaban J connectivity index is 1.12. The molecule has 2 aromatic heterocycles. The Labute approximate surface area is 236 Å². The first-order chi connectivity index (χ1) is 18.7. The number of benzene rings is 3. The number of fused-ring (bicyclic) bond motifs is 2. The van der Waals surface area contributed by atoms with Crippen molar-refractivity contribution in [3.8, 4) is 26.6 Å². The highest BCUT2D eigenvalue weighted by atomic mass is 32.1. The predicted molar refractivity (Wildman–Crippen MR) is 170 cm³/mol. The first kappa shape index (κ1) is 27.0. The van der Waals surface area contributed by atoms with E-state index in [1.807, 2.05) is 22.7 Å². The minimum Gasteiger partial charge on any atom is -0.494 e. The van der Waals surface area contributed by atoms with E-state index >= 15 is 0 Å². The SMILES string of the molecule is CCCCCCCCCCCCOc1ccc(-c2cc3cc4sc(-c5ccc(C)cc5)cc4cc3s2)cc1. The molecule has 2 heterocycles. The average molecular weight is 541 g/mol. The van der Waals surface area contributed by atoms with Crippen LogP contribution in [0.5, 0.6) is 5.75 Å². The van der Waals surface area contributed by atoms with Gasteiger partial charge in [0, 0.05) is 19.2 Å². The topological polar surface area (TPSA) is 9.23 Å². The van der Waals surface area contributed by atoms with Crippen LogP contribution in [0.2, 0.25) is 0 Å². The van der Waals surface area contributed by atoms with Crippen molar-refractivity contribution in [1.29, 1.82) is 0 Å². The molecule has 5 rings (SSSR count). The summed E-state index contributed by atoms with van der Waals surface area (Å²) < 4.78 is 8.73. The van der Waals surface area contributed by atoms with Gasteiger partial charge in [0.05, 0.1) is 6.61 Å². The standard InChI is InChI=1S/C35H40OS2/c1-3-4-5-6-7-8-9-10-11-12-21-36-31-19-17-28(18-20-31)33-23-30-25-34-29(24-35(30)38-33)22-32(37-34)27-15-13-26(2)14-16-27/h13-20,22-25H,3-12,21H2,1-2H3. The molecule has 0 spiro atoms. The quantitative estimate of drug-likeness (QED) is 0.127. The van der Waals surface area contributed by atoms with Gasteiger partial charge in [-0.1, -0.05) is 94.5 Å². The monoisotopic (exact) mass is 540 g/mol. The van der Waals surface area contributed by atoms with Crippen LogP contribution in [0, 0.1) is 6.92 Å². The second-order valence-corrected chi connectivity index (χ2v) is 12.7. The van der Waals surface area contributed by atoms with E-state index in [9.17, 15) is 0 Å². The van der Waals surface area contributed by atoms with E-state index in [1.54, 1.807) is 0 Å². The van der Waals surface area contributed by atoms with Gasteiger partial charge in [0.1, 0.15) is 5.75 Å². The Hall–Kier alpha value is -2.62. The number of ether oxygens (including phenoxy) is 1. The van der Waals surface area contributed by atoms with Gasteiger partial charge in [-0.15, -0.1) is 22.7 Å². The lowest BCUT2D eigenvalue weighted by atomic mass is 10.1. The Morgan fingerprint density at radius 3 is 1.55 bits per heavy atom. The zero-order chi connectivity index (χ0) is 26.2. The van der Waals surface area contributed by atoms with Gasteiger partial charge in [-0.3, -0.25) is 0 Å².